The Morgan fingerprint density at radius 1 is 1.28 bits per heavy atom. The van der Waals surface area contributed by atoms with Gasteiger partial charge in [0.1, 0.15) is 12.4 Å². The summed E-state index contributed by atoms with van der Waals surface area (Å²) in [5, 5.41) is 0. The fourth-order valence-electron chi connectivity index (χ4n) is 2.59. The lowest BCUT2D eigenvalue weighted by molar-refractivity contribution is -0.133. The first-order valence-electron chi connectivity index (χ1n) is 5.53. The fraction of sp³-hybridized carbons (Fsp3) is 0.417. The smallest absolute Gasteiger partial charge is 0.299 e. The van der Waals surface area contributed by atoms with Crippen LogP contribution >= 0.6 is 0 Å². The molecule has 0 bridgehead atoms. The van der Waals surface area contributed by atoms with E-state index in [9.17, 15) is 22.4 Å². The SMILES string of the molecule is O=C1N(CC(F)(F)F)c2c(F)cccc2C12CC2. The molecule has 0 N–H and O–H groups in total. The lowest BCUT2D eigenvalue weighted by atomic mass is 9.98. The molecule has 1 aromatic carbocycles. The van der Waals surface area contributed by atoms with Crippen LogP contribution < -0.4 is 4.90 Å². The van der Waals surface area contributed by atoms with Gasteiger partial charge in [-0.1, -0.05) is 12.1 Å². The van der Waals surface area contributed by atoms with Crippen molar-refractivity contribution < 1.29 is 22.4 Å². The van der Waals surface area contributed by atoms with Crippen molar-refractivity contribution in [2.24, 2.45) is 0 Å². The van der Waals surface area contributed by atoms with Crippen molar-refractivity contribution in [3.63, 3.8) is 0 Å². The van der Waals surface area contributed by atoms with Crippen LogP contribution in [0.15, 0.2) is 18.2 Å². The van der Waals surface area contributed by atoms with Crippen molar-refractivity contribution in [2.45, 2.75) is 24.4 Å². The average Bonchev–Trinajstić information content (AvgIpc) is 3.01. The monoisotopic (exact) mass is 259 g/mol. The Hall–Kier alpha value is -1.59. The Bertz CT molecular complexity index is 533. The molecule has 6 heteroatoms. The zero-order chi connectivity index (χ0) is 13.1. The van der Waals surface area contributed by atoms with Crippen LogP contribution in [0.5, 0.6) is 0 Å². The van der Waals surface area contributed by atoms with Gasteiger partial charge in [-0.15, -0.1) is 0 Å². The number of alkyl halides is 3. The normalized spacial score (nSPS) is 20.4. The van der Waals surface area contributed by atoms with E-state index in [-0.39, 0.29) is 5.69 Å². The Morgan fingerprint density at radius 3 is 2.50 bits per heavy atom. The van der Waals surface area contributed by atoms with E-state index in [0.29, 0.717) is 23.3 Å². The molecule has 1 aromatic rings. The van der Waals surface area contributed by atoms with Gasteiger partial charge in [0.15, 0.2) is 0 Å². The summed E-state index contributed by atoms with van der Waals surface area (Å²) >= 11 is 0. The number of hydrogen-bond acceptors (Lipinski definition) is 1. The van der Waals surface area contributed by atoms with E-state index >= 15 is 0 Å². The third kappa shape index (κ3) is 1.44. The number of rotatable bonds is 1. The molecule has 2 aliphatic rings. The van der Waals surface area contributed by atoms with E-state index in [1.165, 1.54) is 6.07 Å². The van der Waals surface area contributed by atoms with E-state index in [1.54, 1.807) is 6.07 Å². The Labute approximate surface area is 100 Å². The van der Waals surface area contributed by atoms with Gasteiger partial charge >= 0.3 is 6.18 Å². The first kappa shape index (κ1) is 11.5. The summed E-state index contributed by atoms with van der Waals surface area (Å²) in [6, 6.07) is 4.05. The van der Waals surface area contributed by atoms with Gasteiger partial charge in [-0.05, 0) is 24.5 Å². The predicted molar refractivity (Wildman–Crippen MR) is 55.7 cm³/mol. The number of benzene rings is 1. The highest BCUT2D eigenvalue weighted by molar-refractivity contribution is 6.10. The molecule has 96 valence electrons. The summed E-state index contributed by atoms with van der Waals surface area (Å²) in [4.78, 5) is 12.6. The highest BCUT2D eigenvalue weighted by atomic mass is 19.4. The summed E-state index contributed by atoms with van der Waals surface area (Å²) < 4.78 is 51.1. The summed E-state index contributed by atoms with van der Waals surface area (Å²) in [6.45, 7) is -1.43. The number of anilines is 1. The number of halogens is 4. The Kier molecular flexibility index (Phi) is 2.07. The molecule has 18 heavy (non-hydrogen) atoms. The molecule has 1 fully saturated rings. The maximum Gasteiger partial charge on any atom is 0.406 e. The summed E-state index contributed by atoms with van der Waals surface area (Å²) in [6.07, 6.45) is -3.54. The standard InChI is InChI=1S/C12H9F4NO/c13-8-3-1-2-7-9(8)17(6-12(14,15)16)10(18)11(7)4-5-11/h1-3H,4-6H2. The molecule has 0 saturated heterocycles. The molecule has 0 atom stereocenters. The summed E-state index contributed by atoms with van der Waals surface area (Å²) in [7, 11) is 0. The van der Waals surface area contributed by atoms with Crippen LogP contribution in [-0.2, 0) is 10.2 Å². The van der Waals surface area contributed by atoms with E-state index in [1.807, 2.05) is 0 Å². The van der Waals surface area contributed by atoms with Crippen LogP contribution in [0.3, 0.4) is 0 Å². The van der Waals surface area contributed by atoms with Crippen molar-refractivity contribution in [1.82, 2.24) is 0 Å². The third-order valence-electron chi connectivity index (χ3n) is 3.51. The highest BCUT2D eigenvalue weighted by Gasteiger charge is 2.61. The van der Waals surface area contributed by atoms with E-state index in [0.717, 1.165) is 6.07 Å². The number of carbonyl (C=O) groups excluding carboxylic acids is 1. The first-order chi connectivity index (χ1) is 8.35. The average molecular weight is 259 g/mol. The maximum atomic E-state index is 13.7. The Morgan fingerprint density at radius 2 is 1.94 bits per heavy atom. The van der Waals surface area contributed by atoms with Gasteiger partial charge in [-0.2, -0.15) is 13.2 Å². The second-order valence-corrected chi connectivity index (χ2v) is 4.72. The van der Waals surface area contributed by atoms with Gasteiger partial charge in [0.2, 0.25) is 5.91 Å². The van der Waals surface area contributed by atoms with Crippen molar-refractivity contribution in [3.8, 4) is 0 Å². The van der Waals surface area contributed by atoms with Gasteiger partial charge in [-0.3, -0.25) is 9.69 Å². The maximum absolute atomic E-state index is 13.7. The van der Waals surface area contributed by atoms with Gasteiger partial charge < -0.3 is 0 Å². The molecule has 1 aliphatic heterocycles. The van der Waals surface area contributed by atoms with Gasteiger partial charge in [0.05, 0.1) is 11.1 Å². The second kappa shape index (κ2) is 3.24. The molecule has 0 aromatic heterocycles. The molecule has 2 nitrogen and oxygen atoms in total. The van der Waals surface area contributed by atoms with Crippen molar-refractivity contribution in [3.05, 3.63) is 29.6 Å². The fourth-order valence-corrected chi connectivity index (χ4v) is 2.59. The van der Waals surface area contributed by atoms with Crippen LogP contribution in [-0.4, -0.2) is 18.6 Å². The Balaban J connectivity index is 2.11. The number of amides is 1. The second-order valence-electron chi connectivity index (χ2n) is 4.72. The first-order valence-corrected chi connectivity index (χ1v) is 5.53. The molecule has 1 amide bonds. The van der Waals surface area contributed by atoms with Gasteiger partial charge in [0, 0.05) is 0 Å². The summed E-state index contributed by atoms with van der Waals surface area (Å²) in [5.41, 5.74) is -0.683. The molecule has 1 aliphatic carbocycles. The lowest BCUT2D eigenvalue weighted by Gasteiger charge is -2.19. The van der Waals surface area contributed by atoms with E-state index < -0.39 is 29.9 Å². The van der Waals surface area contributed by atoms with Crippen molar-refractivity contribution >= 4 is 11.6 Å². The van der Waals surface area contributed by atoms with Crippen LogP contribution in [0.4, 0.5) is 23.2 Å². The minimum Gasteiger partial charge on any atom is -0.299 e. The van der Waals surface area contributed by atoms with Crippen molar-refractivity contribution in [1.29, 1.82) is 0 Å². The minimum absolute atomic E-state index is 0.197. The minimum atomic E-state index is -4.53. The molecule has 3 rings (SSSR count). The zero-order valence-electron chi connectivity index (χ0n) is 9.22. The number of nitrogens with zero attached hydrogens (tertiary/aromatic N) is 1. The molecule has 1 saturated carbocycles. The number of para-hydroxylation sites is 1. The third-order valence-corrected chi connectivity index (χ3v) is 3.51. The molecule has 0 radical (unpaired) electrons. The van der Waals surface area contributed by atoms with Gasteiger partial charge in [0.25, 0.3) is 0 Å². The highest BCUT2D eigenvalue weighted by Crippen LogP contribution is 2.58. The van der Waals surface area contributed by atoms with Crippen LogP contribution in [0, 0.1) is 5.82 Å². The lowest BCUT2D eigenvalue weighted by Crippen LogP contribution is -2.39. The largest absolute Gasteiger partial charge is 0.406 e. The zero-order valence-corrected chi connectivity index (χ0v) is 9.22. The quantitative estimate of drug-likeness (QED) is 0.710. The summed E-state index contributed by atoms with van der Waals surface area (Å²) in [5.74, 6) is -1.39. The van der Waals surface area contributed by atoms with Crippen LogP contribution in [0.1, 0.15) is 18.4 Å². The number of hydrogen-bond donors (Lipinski definition) is 0. The number of carbonyl (C=O) groups is 1. The number of fused-ring (bicyclic) bond motifs is 2. The van der Waals surface area contributed by atoms with Crippen LogP contribution in [0.2, 0.25) is 0 Å². The van der Waals surface area contributed by atoms with E-state index in [4.69, 9.17) is 0 Å². The topological polar surface area (TPSA) is 20.3 Å². The van der Waals surface area contributed by atoms with Crippen molar-refractivity contribution in [2.75, 3.05) is 11.4 Å². The molecule has 0 unspecified atom stereocenters. The molecular formula is C12H9F4NO. The molecular weight excluding hydrogens is 250 g/mol. The predicted octanol–water partition coefficient (Wildman–Crippen LogP) is 2.77. The molecule has 1 spiro atoms. The van der Waals surface area contributed by atoms with E-state index in [2.05, 4.69) is 0 Å². The van der Waals surface area contributed by atoms with Gasteiger partial charge in [-0.25, -0.2) is 4.39 Å². The van der Waals surface area contributed by atoms with Crippen LogP contribution in [0.25, 0.3) is 0 Å². The molecule has 1 heterocycles.